The number of aromatic nitrogens is 2. The van der Waals surface area contributed by atoms with Crippen molar-refractivity contribution in [3.63, 3.8) is 0 Å². The number of amides is 2. The fourth-order valence-corrected chi connectivity index (χ4v) is 7.10. The minimum atomic E-state index is -0.0878. The summed E-state index contributed by atoms with van der Waals surface area (Å²) in [7, 11) is 1.63. The molecule has 4 saturated carbocycles. The Bertz CT molecular complexity index is 994. The van der Waals surface area contributed by atoms with Crippen LogP contribution < -0.4 is 10.6 Å². The molecule has 2 N–H and O–H groups in total. The van der Waals surface area contributed by atoms with Crippen molar-refractivity contribution in [1.29, 1.82) is 0 Å². The normalized spacial score (nSPS) is 28.7. The van der Waals surface area contributed by atoms with Crippen LogP contribution in [0.3, 0.4) is 0 Å². The van der Waals surface area contributed by atoms with E-state index in [-0.39, 0.29) is 24.3 Å². The predicted octanol–water partition coefficient (Wildman–Crippen LogP) is 3.36. The van der Waals surface area contributed by atoms with E-state index < -0.39 is 0 Å². The number of pyridine rings is 1. The minimum Gasteiger partial charge on any atom is -0.383 e. The summed E-state index contributed by atoms with van der Waals surface area (Å²) in [5.74, 6) is 2.46. The summed E-state index contributed by atoms with van der Waals surface area (Å²) in [5, 5.41) is 6.25. The molecule has 178 valence electrons. The van der Waals surface area contributed by atoms with Crippen molar-refractivity contribution in [2.45, 2.75) is 64.3 Å². The number of carbonyl (C=O) groups excluding carboxylic acids is 2. The topological polar surface area (TPSA) is 84.7 Å². The molecule has 4 bridgehead atoms. The van der Waals surface area contributed by atoms with Crippen LogP contribution in [0.25, 0.3) is 5.65 Å². The van der Waals surface area contributed by atoms with E-state index in [0.717, 1.165) is 30.7 Å². The van der Waals surface area contributed by atoms with E-state index in [4.69, 9.17) is 4.74 Å². The zero-order chi connectivity index (χ0) is 23.0. The predicted molar refractivity (Wildman–Crippen MR) is 126 cm³/mol. The second kappa shape index (κ2) is 9.09. The Labute approximate surface area is 195 Å². The van der Waals surface area contributed by atoms with Gasteiger partial charge in [0.15, 0.2) is 0 Å². The lowest BCUT2D eigenvalue weighted by molar-refractivity contribution is -0.121. The standard InChI is InChI=1S/C26H36N4O3/c1-3-20(15-33-2)29-24(31)10-21-14-30-22(5-4-6-23(30)28-21)25(32)27-16-26-11-17-7-18(12-26)9-19(8-17)13-26/h4-6,14,17-20H,3,7-13,15-16H2,1-2H3,(H,27,32)(H,29,31). The van der Waals surface area contributed by atoms with E-state index in [0.29, 0.717) is 29.1 Å². The first-order valence-electron chi connectivity index (χ1n) is 12.5. The van der Waals surface area contributed by atoms with Crippen molar-refractivity contribution >= 4 is 17.5 Å². The summed E-state index contributed by atoms with van der Waals surface area (Å²) in [6.45, 7) is 3.28. The summed E-state index contributed by atoms with van der Waals surface area (Å²) in [6.07, 6.45) is 10.8. The van der Waals surface area contributed by atoms with Gasteiger partial charge in [-0.25, -0.2) is 4.98 Å². The number of fused-ring (bicyclic) bond motifs is 1. The Morgan fingerprint density at radius 2 is 1.88 bits per heavy atom. The fourth-order valence-electron chi connectivity index (χ4n) is 7.10. The van der Waals surface area contributed by atoms with Crippen LogP contribution in [0, 0.1) is 23.2 Å². The summed E-state index contributed by atoms with van der Waals surface area (Å²) in [4.78, 5) is 30.2. The fraction of sp³-hybridized carbons (Fsp3) is 0.654. The third kappa shape index (κ3) is 4.65. The van der Waals surface area contributed by atoms with E-state index >= 15 is 0 Å². The van der Waals surface area contributed by atoms with Gasteiger partial charge in [0.25, 0.3) is 5.91 Å². The molecule has 0 aromatic carbocycles. The maximum atomic E-state index is 13.2. The largest absolute Gasteiger partial charge is 0.383 e. The average molecular weight is 453 g/mol. The van der Waals surface area contributed by atoms with E-state index in [1.807, 2.05) is 35.7 Å². The van der Waals surface area contributed by atoms with Crippen molar-refractivity contribution in [3.05, 3.63) is 35.8 Å². The quantitative estimate of drug-likeness (QED) is 0.611. The number of methoxy groups -OCH3 is 1. The van der Waals surface area contributed by atoms with Crippen LogP contribution in [-0.4, -0.2) is 47.5 Å². The maximum absolute atomic E-state index is 13.2. The molecule has 7 nitrogen and oxygen atoms in total. The molecule has 0 radical (unpaired) electrons. The van der Waals surface area contributed by atoms with E-state index in [9.17, 15) is 9.59 Å². The summed E-state index contributed by atoms with van der Waals surface area (Å²) in [5.41, 5.74) is 2.21. The molecular weight excluding hydrogens is 416 g/mol. The van der Waals surface area contributed by atoms with Gasteiger partial charge < -0.3 is 15.4 Å². The molecule has 2 aromatic rings. The van der Waals surface area contributed by atoms with Gasteiger partial charge >= 0.3 is 0 Å². The first kappa shape index (κ1) is 22.4. The van der Waals surface area contributed by atoms with Gasteiger partial charge in [-0.1, -0.05) is 13.0 Å². The van der Waals surface area contributed by atoms with Gasteiger partial charge in [-0.15, -0.1) is 0 Å². The molecule has 2 aromatic heterocycles. The number of hydrogen-bond donors (Lipinski definition) is 2. The summed E-state index contributed by atoms with van der Waals surface area (Å²) in [6, 6.07) is 5.55. The Hall–Kier alpha value is -2.41. The van der Waals surface area contributed by atoms with Gasteiger partial charge in [-0.05, 0) is 80.2 Å². The van der Waals surface area contributed by atoms with Crippen molar-refractivity contribution in [3.8, 4) is 0 Å². The van der Waals surface area contributed by atoms with Gasteiger partial charge in [0.2, 0.25) is 5.91 Å². The monoisotopic (exact) mass is 452 g/mol. The first-order valence-corrected chi connectivity index (χ1v) is 12.5. The highest BCUT2D eigenvalue weighted by molar-refractivity contribution is 5.93. The lowest BCUT2D eigenvalue weighted by atomic mass is 9.49. The number of nitrogens with one attached hydrogen (secondary N) is 2. The van der Waals surface area contributed by atoms with Crippen LogP contribution in [0.2, 0.25) is 0 Å². The van der Waals surface area contributed by atoms with Crippen LogP contribution in [0.1, 0.15) is 68.1 Å². The second-order valence-corrected chi connectivity index (χ2v) is 10.8. The highest BCUT2D eigenvalue weighted by Gasteiger charge is 2.50. The Morgan fingerprint density at radius 1 is 1.18 bits per heavy atom. The van der Waals surface area contributed by atoms with Crippen molar-refractivity contribution in [2.24, 2.45) is 23.2 Å². The summed E-state index contributed by atoms with van der Waals surface area (Å²) < 4.78 is 6.97. The van der Waals surface area contributed by atoms with Gasteiger partial charge in [-0.3, -0.25) is 14.0 Å². The number of carbonyl (C=O) groups is 2. The van der Waals surface area contributed by atoms with Gasteiger partial charge in [0.1, 0.15) is 11.3 Å². The molecule has 6 rings (SSSR count). The third-order valence-corrected chi connectivity index (χ3v) is 8.13. The van der Waals surface area contributed by atoms with Crippen molar-refractivity contribution in [1.82, 2.24) is 20.0 Å². The van der Waals surface area contributed by atoms with Crippen LogP contribution in [0.5, 0.6) is 0 Å². The number of hydrogen-bond acceptors (Lipinski definition) is 4. The zero-order valence-corrected chi connectivity index (χ0v) is 19.8. The summed E-state index contributed by atoms with van der Waals surface area (Å²) >= 11 is 0. The number of nitrogens with zero attached hydrogens (tertiary/aromatic N) is 2. The third-order valence-electron chi connectivity index (χ3n) is 8.13. The van der Waals surface area contributed by atoms with Crippen molar-refractivity contribution < 1.29 is 14.3 Å². The molecule has 4 fully saturated rings. The van der Waals surface area contributed by atoms with Crippen LogP contribution in [-0.2, 0) is 16.0 Å². The molecule has 0 saturated heterocycles. The van der Waals surface area contributed by atoms with Gasteiger partial charge in [-0.2, -0.15) is 0 Å². The average Bonchev–Trinajstić information content (AvgIpc) is 3.18. The molecule has 1 atom stereocenters. The molecule has 0 aliphatic heterocycles. The molecule has 7 heteroatoms. The van der Waals surface area contributed by atoms with E-state index in [1.54, 1.807) is 7.11 Å². The Morgan fingerprint density at radius 3 is 2.52 bits per heavy atom. The zero-order valence-electron chi connectivity index (χ0n) is 19.8. The molecule has 2 heterocycles. The number of ether oxygens (including phenoxy) is 1. The molecular formula is C26H36N4O3. The van der Waals surface area contributed by atoms with E-state index in [1.165, 1.54) is 38.5 Å². The molecule has 1 unspecified atom stereocenters. The Balaban J connectivity index is 1.25. The maximum Gasteiger partial charge on any atom is 0.268 e. The van der Waals surface area contributed by atoms with Crippen molar-refractivity contribution in [2.75, 3.05) is 20.3 Å². The number of rotatable bonds is 9. The van der Waals surface area contributed by atoms with Gasteiger partial charge in [0.05, 0.1) is 24.8 Å². The number of imidazole rings is 1. The van der Waals surface area contributed by atoms with Crippen LogP contribution in [0.15, 0.2) is 24.4 Å². The smallest absolute Gasteiger partial charge is 0.268 e. The molecule has 4 aliphatic rings. The SMILES string of the molecule is CCC(COC)NC(=O)Cc1cn2c(C(=O)NCC34CC5CC(CC(C5)C3)C4)cccc2n1. The molecule has 4 aliphatic carbocycles. The lowest BCUT2D eigenvalue weighted by Gasteiger charge is -2.56. The van der Waals surface area contributed by atoms with Crippen LogP contribution in [0.4, 0.5) is 0 Å². The first-order chi connectivity index (χ1) is 16.0. The van der Waals surface area contributed by atoms with Crippen LogP contribution >= 0.6 is 0 Å². The van der Waals surface area contributed by atoms with Gasteiger partial charge in [0, 0.05) is 19.9 Å². The minimum absolute atomic E-state index is 0.00884. The highest BCUT2D eigenvalue weighted by atomic mass is 16.5. The molecule has 0 spiro atoms. The lowest BCUT2D eigenvalue weighted by Crippen LogP contribution is -2.51. The molecule has 2 amide bonds. The molecule has 33 heavy (non-hydrogen) atoms. The Kier molecular flexibility index (Phi) is 6.16. The van der Waals surface area contributed by atoms with E-state index in [2.05, 4.69) is 15.6 Å². The second-order valence-electron chi connectivity index (χ2n) is 10.8. The highest BCUT2D eigenvalue weighted by Crippen LogP contribution is 2.59.